The van der Waals surface area contributed by atoms with Crippen molar-refractivity contribution in [3.8, 4) is 0 Å². The molecular weight excluding hydrogens is 1200 g/mol. The van der Waals surface area contributed by atoms with E-state index in [1.807, 2.05) is 0 Å². The molecule has 91 heavy (non-hydrogen) atoms. The van der Waals surface area contributed by atoms with Crippen molar-refractivity contribution in [2.75, 3.05) is 39.6 Å². The second kappa shape index (κ2) is 61.6. The molecule has 3 unspecified atom stereocenters. The molecule has 0 aromatic carbocycles. The molecule has 0 saturated heterocycles. The van der Waals surface area contributed by atoms with Crippen molar-refractivity contribution in [1.29, 1.82) is 0 Å². The Balaban J connectivity index is 5.18. The third-order valence-corrected chi connectivity index (χ3v) is 18.5. The van der Waals surface area contributed by atoms with Crippen molar-refractivity contribution < 1.29 is 80.2 Å². The van der Waals surface area contributed by atoms with Crippen molar-refractivity contribution in [1.82, 2.24) is 0 Å². The van der Waals surface area contributed by atoms with Gasteiger partial charge in [-0.3, -0.25) is 37.3 Å². The van der Waals surface area contributed by atoms with Gasteiger partial charge in [-0.2, -0.15) is 0 Å². The number of unbranched alkanes of at least 4 members (excludes halogenated alkanes) is 35. The zero-order chi connectivity index (χ0) is 67.5. The van der Waals surface area contributed by atoms with Crippen LogP contribution in [0.15, 0.2) is 0 Å². The summed E-state index contributed by atoms with van der Waals surface area (Å²) < 4.78 is 68.3. The summed E-state index contributed by atoms with van der Waals surface area (Å²) in [7, 11) is -9.90. The Morgan fingerprint density at radius 2 is 0.462 bits per heavy atom. The fourth-order valence-corrected chi connectivity index (χ4v) is 12.4. The third kappa shape index (κ3) is 66.5. The lowest BCUT2D eigenvalue weighted by molar-refractivity contribution is -0.161. The van der Waals surface area contributed by atoms with Crippen LogP contribution in [0, 0.1) is 23.7 Å². The number of rotatable bonds is 69. The lowest BCUT2D eigenvalue weighted by Crippen LogP contribution is -2.30. The van der Waals surface area contributed by atoms with Gasteiger partial charge in [0.25, 0.3) is 0 Å². The Hall–Kier alpha value is -1.94. The zero-order valence-electron chi connectivity index (χ0n) is 59.5. The minimum atomic E-state index is -4.95. The van der Waals surface area contributed by atoms with Gasteiger partial charge in [-0.15, -0.1) is 0 Å². The smallest absolute Gasteiger partial charge is 0.462 e. The minimum absolute atomic E-state index is 0.102. The molecule has 540 valence electrons. The highest BCUT2D eigenvalue weighted by Gasteiger charge is 2.30. The molecule has 0 aliphatic rings. The van der Waals surface area contributed by atoms with Gasteiger partial charge in [-0.1, -0.05) is 306 Å². The summed E-state index contributed by atoms with van der Waals surface area (Å²) in [4.78, 5) is 72.6. The van der Waals surface area contributed by atoms with Gasteiger partial charge >= 0.3 is 39.5 Å². The first-order chi connectivity index (χ1) is 43.6. The number of hydrogen-bond acceptors (Lipinski definition) is 15. The summed E-state index contributed by atoms with van der Waals surface area (Å²) in [6.45, 7) is 14.1. The molecule has 0 saturated carbocycles. The summed E-state index contributed by atoms with van der Waals surface area (Å²) in [5, 5.41) is 10.6. The van der Waals surface area contributed by atoms with Crippen LogP contribution in [0.5, 0.6) is 0 Å². The van der Waals surface area contributed by atoms with E-state index in [1.54, 1.807) is 0 Å². The Bertz CT molecular complexity index is 1800. The topological polar surface area (TPSA) is 237 Å². The zero-order valence-corrected chi connectivity index (χ0v) is 61.3. The average Bonchev–Trinajstić information content (AvgIpc) is 2.98. The van der Waals surface area contributed by atoms with Crippen LogP contribution in [0.2, 0.25) is 0 Å². The number of carbonyl (C=O) groups excluding carboxylic acids is 4. The average molecular weight is 1340 g/mol. The van der Waals surface area contributed by atoms with Gasteiger partial charge in [0.2, 0.25) is 0 Å². The van der Waals surface area contributed by atoms with Crippen LogP contribution in [0.1, 0.15) is 357 Å². The van der Waals surface area contributed by atoms with Crippen LogP contribution < -0.4 is 0 Å². The molecule has 0 spiro atoms. The standard InChI is InChI=1S/C72H140O17P2/c1-62(2)48-40-32-24-19-15-11-9-10-12-17-21-27-36-44-52-69(74)82-59-68(89-72(77)55-47-39-31-30-35-43-51-65(7)8)61-87-91(80,81)85-57-66(73)56-84-90(78,79)86-60-67(58-83-70(75)53-45-37-29-23-26-34-42-50-64(5)6)88-71(76)54-46-38-28-22-18-14-13-16-20-25-33-41-49-63(3)4/h62-68,73H,9-61H2,1-8H3,(H,78,79)(H,80,81)/t66?,67-,68-/m1/s1. The van der Waals surface area contributed by atoms with Gasteiger partial charge in [-0.25, -0.2) is 9.13 Å². The number of carbonyl (C=O) groups is 4. The molecule has 5 atom stereocenters. The number of ether oxygens (including phenoxy) is 4. The SMILES string of the molecule is CC(C)CCCCCCCCCCCCCCCCC(=O)OC[C@H](COP(=O)(O)OCC(O)COP(=O)(O)OC[C@@H](COC(=O)CCCCCCCCCC(C)C)OC(=O)CCCCCCCCCCCCCCC(C)C)OC(=O)CCCCCCCCC(C)C. The molecule has 0 aromatic rings. The number of aliphatic hydroxyl groups is 1. The van der Waals surface area contributed by atoms with E-state index in [2.05, 4.69) is 55.4 Å². The van der Waals surface area contributed by atoms with Crippen LogP contribution in [0.4, 0.5) is 0 Å². The van der Waals surface area contributed by atoms with Gasteiger partial charge in [0.1, 0.15) is 19.3 Å². The van der Waals surface area contributed by atoms with Crippen molar-refractivity contribution in [3.05, 3.63) is 0 Å². The van der Waals surface area contributed by atoms with Crippen LogP contribution in [-0.2, 0) is 65.4 Å². The summed E-state index contributed by atoms with van der Waals surface area (Å²) in [6.07, 6.45) is 44.7. The van der Waals surface area contributed by atoms with E-state index in [4.69, 9.17) is 37.0 Å². The van der Waals surface area contributed by atoms with E-state index in [9.17, 15) is 43.2 Å². The summed E-state index contributed by atoms with van der Waals surface area (Å²) in [5.41, 5.74) is 0. The molecule has 0 rings (SSSR count). The maximum Gasteiger partial charge on any atom is 0.472 e. The molecule has 19 heteroatoms. The predicted octanol–water partition coefficient (Wildman–Crippen LogP) is 20.5. The number of hydrogen-bond donors (Lipinski definition) is 3. The fraction of sp³-hybridized carbons (Fsp3) is 0.944. The number of phosphoric ester groups is 2. The van der Waals surface area contributed by atoms with Crippen molar-refractivity contribution in [3.63, 3.8) is 0 Å². The highest BCUT2D eigenvalue weighted by Crippen LogP contribution is 2.45. The van der Waals surface area contributed by atoms with E-state index >= 15 is 0 Å². The molecule has 0 fully saturated rings. The largest absolute Gasteiger partial charge is 0.472 e. The van der Waals surface area contributed by atoms with E-state index in [1.165, 1.54) is 154 Å². The van der Waals surface area contributed by atoms with Gasteiger partial charge in [0.15, 0.2) is 12.2 Å². The van der Waals surface area contributed by atoms with Crippen LogP contribution >= 0.6 is 15.6 Å². The molecule has 0 heterocycles. The van der Waals surface area contributed by atoms with Crippen molar-refractivity contribution in [2.24, 2.45) is 23.7 Å². The second-order valence-corrected chi connectivity index (χ2v) is 30.8. The fourth-order valence-electron chi connectivity index (χ4n) is 10.8. The van der Waals surface area contributed by atoms with E-state index in [-0.39, 0.29) is 25.7 Å². The highest BCUT2D eigenvalue weighted by molar-refractivity contribution is 7.47. The molecular formula is C72H140O17P2. The van der Waals surface area contributed by atoms with Crippen molar-refractivity contribution in [2.45, 2.75) is 375 Å². The molecule has 0 aliphatic carbocycles. The number of esters is 4. The predicted molar refractivity (Wildman–Crippen MR) is 367 cm³/mol. The third-order valence-electron chi connectivity index (χ3n) is 16.6. The van der Waals surface area contributed by atoms with Crippen LogP contribution in [0.3, 0.4) is 0 Å². The van der Waals surface area contributed by atoms with Crippen molar-refractivity contribution >= 4 is 39.5 Å². The van der Waals surface area contributed by atoms with Gasteiger partial charge in [0.05, 0.1) is 26.4 Å². The Morgan fingerprint density at radius 1 is 0.275 bits per heavy atom. The lowest BCUT2D eigenvalue weighted by Gasteiger charge is -2.21. The summed E-state index contributed by atoms with van der Waals surface area (Å²) >= 11 is 0. The van der Waals surface area contributed by atoms with E-state index in [0.717, 1.165) is 108 Å². The Labute approximate surface area is 556 Å². The lowest BCUT2D eigenvalue weighted by atomic mass is 10.0. The first kappa shape index (κ1) is 89.1. The maximum atomic E-state index is 13.0. The molecule has 0 bridgehead atoms. The molecule has 0 aliphatic heterocycles. The molecule has 3 N–H and O–H groups in total. The van der Waals surface area contributed by atoms with Gasteiger partial charge in [-0.05, 0) is 49.4 Å². The second-order valence-electron chi connectivity index (χ2n) is 27.9. The first-order valence-electron chi connectivity index (χ1n) is 37.2. The number of phosphoric acid groups is 2. The summed E-state index contributed by atoms with van der Waals surface area (Å²) in [6, 6.07) is 0. The van der Waals surface area contributed by atoms with E-state index in [0.29, 0.717) is 37.5 Å². The quantitative estimate of drug-likeness (QED) is 0.0222. The number of aliphatic hydroxyl groups excluding tert-OH is 1. The van der Waals surface area contributed by atoms with Gasteiger partial charge in [0, 0.05) is 25.7 Å². The Morgan fingerprint density at radius 3 is 0.681 bits per heavy atom. The minimum Gasteiger partial charge on any atom is -0.462 e. The summed E-state index contributed by atoms with van der Waals surface area (Å²) in [5.74, 6) is 0.819. The van der Waals surface area contributed by atoms with Crippen LogP contribution in [-0.4, -0.2) is 96.7 Å². The van der Waals surface area contributed by atoms with Crippen LogP contribution in [0.25, 0.3) is 0 Å². The normalized spacial score (nSPS) is 14.2. The highest BCUT2D eigenvalue weighted by atomic mass is 31.2. The van der Waals surface area contributed by atoms with E-state index < -0.39 is 97.5 Å². The Kier molecular flexibility index (Phi) is 60.3. The molecule has 17 nitrogen and oxygen atoms in total. The molecule has 0 radical (unpaired) electrons. The first-order valence-corrected chi connectivity index (χ1v) is 40.2. The maximum absolute atomic E-state index is 13.0. The monoisotopic (exact) mass is 1340 g/mol. The molecule has 0 amide bonds. The molecule has 0 aromatic heterocycles. The van der Waals surface area contributed by atoms with Gasteiger partial charge < -0.3 is 33.8 Å².